The molecule has 0 saturated heterocycles. The summed E-state index contributed by atoms with van der Waals surface area (Å²) in [5.74, 6) is 1.92. The van der Waals surface area contributed by atoms with Crippen molar-refractivity contribution in [2.24, 2.45) is 11.3 Å². The van der Waals surface area contributed by atoms with E-state index in [1.54, 1.807) is 0 Å². The van der Waals surface area contributed by atoms with Gasteiger partial charge in [0.25, 0.3) is 0 Å². The number of aryl methyl sites for hydroxylation is 1. The summed E-state index contributed by atoms with van der Waals surface area (Å²) in [5, 5.41) is 10.6. The highest BCUT2D eigenvalue weighted by atomic mass is 16.5. The van der Waals surface area contributed by atoms with E-state index in [0.29, 0.717) is 11.7 Å². The lowest BCUT2D eigenvalue weighted by atomic mass is 9.59. The molecule has 0 bridgehead atoms. The fourth-order valence-electron chi connectivity index (χ4n) is 4.79. The van der Waals surface area contributed by atoms with Gasteiger partial charge in [-0.3, -0.25) is 0 Å². The molecule has 1 saturated carbocycles. The largest absolute Gasteiger partial charge is 0.508 e. The average Bonchev–Trinajstić information content (AvgIpc) is 2.88. The van der Waals surface area contributed by atoms with Crippen molar-refractivity contribution in [3.8, 4) is 11.5 Å². The number of phenolic OH excluding ortho intramolecular Hbond substituents is 1. The van der Waals surface area contributed by atoms with Gasteiger partial charge in [0.1, 0.15) is 17.1 Å². The van der Waals surface area contributed by atoms with E-state index in [9.17, 15) is 5.11 Å². The number of unbranched alkanes of at least 4 members (excludes halogenated alkanes) is 2. The molecule has 128 valence electrons. The van der Waals surface area contributed by atoms with E-state index in [4.69, 9.17) is 4.74 Å². The van der Waals surface area contributed by atoms with Crippen molar-refractivity contribution in [1.82, 2.24) is 0 Å². The highest BCUT2D eigenvalue weighted by Crippen LogP contribution is 2.56. The summed E-state index contributed by atoms with van der Waals surface area (Å²) in [4.78, 5) is 0. The Morgan fingerprint density at radius 1 is 1.26 bits per heavy atom. The Balaban J connectivity index is 1.89. The van der Waals surface area contributed by atoms with Gasteiger partial charge in [-0.25, -0.2) is 0 Å². The van der Waals surface area contributed by atoms with Gasteiger partial charge in [0.2, 0.25) is 0 Å². The number of fused-ring (bicyclic) bond motifs is 1. The predicted octanol–water partition coefficient (Wildman–Crippen LogP) is 5.64. The van der Waals surface area contributed by atoms with Gasteiger partial charge >= 0.3 is 0 Å². The van der Waals surface area contributed by atoms with Crippen LogP contribution in [0.5, 0.6) is 11.5 Å². The summed E-state index contributed by atoms with van der Waals surface area (Å²) < 4.78 is 6.63. The maximum Gasteiger partial charge on any atom is 0.127 e. The minimum Gasteiger partial charge on any atom is -0.508 e. The first-order chi connectivity index (χ1) is 10.9. The van der Waals surface area contributed by atoms with Gasteiger partial charge in [0.15, 0.2) is 0 Å². The van der Waals surface area contributed by atoms with Gasteiger partial charge < -0.3 is 9.84 Å². The van der Waals surface area contributed by atoms with E-state index >= 15 is 0 Å². The number of phenols is 1. The second kappa shape index (κ2) is 6.03. The normalized spacial score (nSPS) is 28.6. The number of aromatic hydroxyl groups is 1. The first-order valence-corrected chi connectivity index (χ1v) is 9.43. The minimum absolute atomic E-state index is 0.146. The molecule has 1 heterocycles. The Labute approximate surface area is 141 Å². The van der Waals surface area contributed by atoms with Crippen LogP contribution >= 0.6 is 0 Å². The Morgan fingerprint density at radius 3 is 2.74 bits per heavy atom. The van der Waals surface area contributed by atoms with Crippen molar-refractivity contribution >= 4 is 0 Å². The molecule has 1 aliphatic carbocycles. The van der Waals surface area contributed by atoms with E-state index in [-0.39, 0.29) is 11.0 Å². The maximum absolute atomic E-state index is 10.6. The van der Waals surface area contributed by atoms with Crippen molar-refractivity contribution in [3.05, 3.63) is 23.3 Å². The van der Waals surface area contributed by atoms with Gasteiger partial charge in [-0.05, 0) is 49.3 Å². The second-order valence-corrected chi connectivity index (χ2v) is 8.39. The summed E-state index contributed by atoms with van der Waals surface area (Å²) in [6.07, 6.45) is 9.25. The molecule has 0 aromatic heterocycles. The maximum atomic E-state index is 10.6. The van der Waals surface area contributed by atoms with Gasteiger partial charge in [-0.1, -0.05) is 47.0 Å². The summed E-state index contributed by atoms with van der Waals surface area (Å²) in [7, 11) is 0. The van der Waals surface area contributed by atoms with E-state index in [1.165, 1.54) is 44.1 Å². The molecule has 1 spiro atoms. The molecule has 1 N–H and O–H groups in total. The first kappa shape index (κ1) is 16.7. The molecule has 1 aliphatic heterocycles. The minimum atomic E-state index is -0.146. The first-order valence-electron chi connectivity index (χ1n) is 9.43. The van der Waals surface area contributed by atoms with Crippen LogP contribution in [0, 0.1) is 11.3 Å². The summed E-state index contributed by atoms with van der Waals surface area (Å²) >= 11 is 0. The zero-order valence-corrected chi connectivity index (χ0v) is 15.2. The third-order valence-corrected chi connectivity index (χ3v) is 6.43. The number of rotatable bonds is 4. The van der Waals surface area contributed by atoms with Crippen LogP contribution in [0.2, 0.25) is 0 Å². The summed E-state index contributed by atoms with van der Waals surface area (Å²) in [5.41, 5.74) is 2.25. The number of hydrogen-bond acceptors (Lipinski definition) is 2. The van der Waals surface area contributed by atoms with Crippen LogP contribution in [-0.2, 0) is 12.8 Å². The molecule has 3 rings (SSSR count). The average molecular weight is 316 g/mol. The SMILES string of the molecule is CCCCCc1cc(O)c2c(c1)O[C@]1(C2)[C@@H](C)CCCC1(C)C. The van der Waals surface area contributed by atoms with Crippen LogP contribution < -0.4 is 4.74 Å². The quantitative estimate of drug-likeness (QED) is 0.728. The molecule has 0 amide bonds. The van der Waals surface area contributed by atoms with Crippen LogP contribution in [0.25, 0.3) is 0 Å². The van der Waals surface area contributed by atoms with Crippen molar-refractivity contribution in [2.75, 3.05) is 0 Å². The molecule has 2 heteroatoms. The molecule has 1 aromatic rings. The van der Waals surface area contributed by atoms with Gasteiger partial charge in [-0.15, -0.1) is 0 Å². The van der Waals surface area contributed by atoms with Crippen molar-refractivity contribution < 1.29 is 9.84 Å². The Morgan fingerprint density at radius 2 is 2.04 bits per heavy atom. The fourth-order valence-corrected chi connectivity index (χ4v) is 4.79. The number of hydrogen-bond donors (Lipinski definition) is 1. The van der Waals surface area contributed by atoms with Crippen LogP contribution in [0.15, 0.2) is 12.1 Å². The van der Waals surface area contributed by atoms with Crippen molar-refractivity contribution in [3.63, 3.8) is 0 Å². The highest BCUT2D eigenvalue weighted by Gasteiger charge is 2.56. The predicted molar refractivity (Wildman–Crippen MR) is 95.2 cm³/mol. The Kier molecular flexibility index (Phi) is 4.37. The molecule has 2 atom stereocenters. The molecule has 0 unspecified atom stereocenters. The third kappa shape index (κ3) is 2.75. The van der Waals surface area contributed by atoms with Crippen LogP contribution in [-0.4, -0.2) is 10.7 Å². The van der Waals surface area contributed by atoms with Gasteiger partial charge in [0, 0.05) is 17.4 Å². The smallest absolute Gasteiger partial charge is 0.127 e. The highest BCUT2D eigenvalue weighted by molar-refractivity contribution is 5.52. The van der Waals surface area contributed by atoms with Gasteiger partial charge in [0.05, 0.1) is 0 Å². The molecule has 1 fully saturated rings. The second-order valence-electron chi connectivity index (χ2n) is 8.39. The van der Waals surface area contributed by atoms with E-state index in [1.807, 2.05) is 6.07 Å². The lowest BCUT2D eigenvalue weighted by Gasteiger charge is -2.51. The van der Waals surface area contributed by atoms with Crippen molar-refractivity contribution in [2.45, 2.75) is 84.7 Å². The fraction of sp³-hybridized carbons (Fsp3) is 0.714. The molecule has 2 nitrogen and oxygen atoms in total. The monoisotopic (exact) mass is 316 g/mol. The van der Waals surface area contributed by atoms with Crippen LogP contribution in [0.1, 0.15) is 77.3 Å². The van der Waals surface area contributed by atoms with Crippen molar-refractivity contribution in [1.29, 1.82) is 0 Å². The topological polar surface area (TPSA) is 29.5 Å². The molecule has 0 radical (unpaired) electrons. The van der Waals surface area contributed by atoms with Gasteiger partial charge in [-0.2, -0.15) is 0 Å². The zero-order chi connectivity index (χ0) is 16.7. The summed E-state index contributed by atoms with van der Waals surface area (Å²) in [6, 6.07) is 4.16. The zero-order valence-electron chi connectivity index (χ0n) is 15.2. The lowest BCUT2D eigenvalue weighted by molar-refractivity contribution is -0.0966. The molecular weight excluding hydrogens is 284 g/mol. The molecule has 23 heavy (non-hydrogen) atoms. The van der Waals surface area contributed by atoms with E-state index < -0.39 is 0 Å². The molecule has 1 aromatic carbocycles. The third-order valence-electron chi connectivity index (χ3n) is 6.43. The standard InChI is InChI=1S/C21H32O2/c1-5-6-7-10-16-12-18(22)17-14-21(23-19(17)13-16)15(2)9-8-11-20(21,3)4/h12-13,15,22H,5-11,14H2,1-4H3/t15-,21+/m0/s1. The Hall–Kier alpha value is -1.18. The molecule has 2 aliphatic rings. The summed E-state index contributed by atoms with van der Waals surface area (Å²) in [6.45, 7) is 9.23. The Bertz CT molecular complexity index is 575. The van der Waals surface area contributed by atoms with Crippen LogP contribution in [0.3, 0.4) is 0 Å². The lowest BCUT2D eigenvalue weighted by Crippen LogP contribution is -2.56. The van der Waals surface area contributed by atoms with E-state index in [0.717, 1.165) is 24.2 Å². The molecular formula is C21H32O2. The number of benzene rings is 1. The van der Waals surface area contributed by atoms with Crippen LogP contribution in [0.4, 0.5) is 0 Å². The van der Waals surface area contributed by atoms with E-state index in [2.05, 4.69) is 33.8 Å². The number of ether oxygens (including phenoxy) is 1.